The Kier molecular flexibility index (Phi) is 8.37. The number of allylic oxidation sites excluding steroid dienone is 1. The molecule has 210 valence electrons. The number of esters is 1. The van der Waals surface area contributed by atoms with Gasteiger partial charge in [-0.05, 0) is 56.4 Å². The van der Waals surface area contributed by atoms with E-state index < -0.39 is 35.6 Å². The van der Waals surface area contributed by atoms with E-state index in [4.69, 9.17) is 19.3 Å². The van der Waals surface area contributed by atoms with Crippen molar-refractivity contribution in [3.63, 3.8) is 0 Å². The van der Waals surface area contributed by atoms with Gasteiger partial charge in [-0.3, -0.25) is 14.4 Å². The summed E-state index contributed by atoms with van der Waals surface area (Å²) < 4.78 is 17.6. The van der Waals surface area contributed by atoms with E-state index in [9.17, 15) is 14.4 Å². The van der Waals surface area contributed by atoms with Gasteiger partial charge in [0.1, 0.15) is 23.3 Å². The second-order valence-electron chi connectivity index (χ2n) is 10.7. The molecule has 1 aromatic carbocycles. The average Bonchev–Trinajstić information content (AvgIpc) is 3.33. The lowest BCUT2D eigenvalue weighted by Gasteiger charge is -2.35. The molecule has 0 aromatic heterocycles. The van der Waals surface area contributed by atoms with E-state index in [1.165, 1.54) is 0 Å². The molecule has 1 N–H and O–H groups in total. The molecule has 0 bridgehead atoms. The Morgan fingerprint density at radius 2 is 1.82 bits per heavy atom. The summed E-state index contributed by atoms with van der Waals surface area (Å²) in [6.45, 7) is 1.12. The number of carbonyl (C=O) groups excluding carboxylic acids is 3. The largest absolute Gasteiger partial charge is 0.497 e. The summed E-state index contributed by atoms with van der Waals surface area (Å²) >= 11 is 0. The number of methoxy groups -OCH3 is 1. The van der Waals surface area contributed by atoms with Gasteiger partial charge in [0.05, 0.1) is 25.7 Å². The highest BCUT2D eigenvalue weighted by molar-refractivity contribution is 6.05. The molecule has 2 fully saturated rings. The molecule has 5 atom stereocenters. The minimum absolute atomic E-state index is 0.128. The van der Waals surface area contributed by atoms with Crippen LogP contribution in [0, 0.1) is 11.8 Å². The minimum atomic E-state index is -1.27. The molecule has 1 aromatic rings. The van der Waals surface area contributed by atoms with E-state index in [1.807, 2.05) is 36.4 Å². The van der Waals surface area contributed by atoms with Crippen LogP contribution in [-0.2, 0) is 23.9 Å². The lowest BCUT2D eigenvalue weighted by Crippen LogP contribution is -2.55. The first-order valence-corrected chi connectivity index (χ1v) is 14.1. The van der Waals surface area contributed by atoms with Crippen molar-refractivity contribution in [1.29, 1.82) is 0 Å². The van der Waals surface area contributed by atoms with Crippen molar-refractivity contribution < 1.29 is 33.7 Å². The normalized spacial score (nSPS) is 31.3. The Bertz CT molecular complexity index is 1120. The van der Waals surface area contributed by atoms with E-state index in [0.29, 0.717) is 44.0 Å². The number of ether oxygens (including phenoxy) is 3. The third-order valence-electron chi connectivity index (χ3n) is 8.29. The molecule has 4 aliphatic heterocycles. The monoisotopic (exact) mass is 538 g/mol. The molecule has 0 saturated carbocycles. The second-order valence-corrected chi connectivity index (χ2v) is 10.7. The number of nitrogens with zero attached hydrogens (tertiary/aromatic N) is 2. The molecule has 2 saturated heterocycles. The Hall–Kier alpha value is -3.17. The summed E-state index contributed by atoms with van der Waals surface area (Å²) in [5.74, 6) is -1.91. The van der Waals surface area contributed by atoms with E-state index >= 15 is 0 Å². The fourth-order valence-electron chi connectivity index (χ4n) is 6.40. The number of benzene rings is 1. The molecular formula is C30H38N2O7. The number of rotatable bonds is 8. The third-order valence-corrected chi connectivity index (χ3v) is 8.29. The zero-order valence-corrected chi connectivity index (χ0v) is 22.5. The van der Waals surface area contributed by atoms with Gasteiger partial charge in [-0.25, -0.2) is 0 Å². The molecule has 1 unspecified atom stereocenters. The smallest absolute Gasteiger partial charge is 0.312 e. The van der Waals surface area contributed by atoms with Crippen LogP contribution in [-0.4, -0.2) is 79.0 Å². The van der Waals surface area contributed by atoms with Crippen LogP contribution in [0.4, 0.5) is 5.69 Å². The van der Waals surface area contributed by atoms with Gasteiger partial charge in [0, 0.05) is 25.4 Å². The lowest BCUT2D eigenvalue weighted by molar-refractivity contribution is -0.154. The fourth-order valence-corrected chi connectivity index (χ4v) is 6.40. The van der Waals surface area contributed by atoms with E-state index in [-0.39, 0.29) is 18.4 Å². The predicted molar refractivity (Wildman–Crippen MR) is 144 cm³/mol. The maximum Gasteiger partial charge on any atom is 0.312 e. The summed E-state index contributed by atoms with van der Waals surface area (Å²) in [7, 11) is 1.59. The van der Waals surface area contributed by atoms with Crippen molar-refractivity contribution in [2.75, 3.05) is 38.3 Å². The molecule has 9 heteroatoms. The maximum absolute atomic E-state index is 14.4. The number of amides is 2. The number of likely N-dealkylation sites (tertiary alicyclic amines) is 1. The zero-order chi connectivity index (χ0) is 27.4. The number of cyclic esters (lactones) is 1. The van der Waals surface area contributed by atoms with Gasteiger partial charge >= 0.3 is 5.97 Å². The van der Waals surface area contributed by atoms with Crippen molar-refractivity contribution in [2.45, 2.75) is 62.7 Å². The standard InChI is InChI=1S/C30H38N2O7/c1-37-22-14-12-21(13-15-22)31-18-10-16-30-25(24-23(39-30)11-6-2-5-9-20-38-29(24)36)27(34)32(26(30)28(31)35)17-7-3-4-8-19-33/h6,10-16,23-26,33H,2-5,7-9,17-20H2,1H3/b11-6-/t23-,24+,25+,26?,30+/m1/s1. The SMILES string of the molecule is COc1ccc(N2CC=C[C@]34O[C@@H]5/C=C\CCCCOC(=O)[C@@H]5[C@H]3C(=O)N(CCCCCCO)C4C2=O)cc1. The quantitative estimate of drug-likeness (QED) is 0.308. The molecule has 0 radical (unpaired) electrons. The highest BCUT2D eigenvalue weighted by Gasteiger charge is 2.71. The Labute approximate surface area is 229 Å². The predicted octanol–water partition coefficient (Wildman–Crippen LogP) is 3.01. The Morgan fingerprint density at radius 1 is 1.03 bits per heavy atom. The summed E-state index contributed by atoms with van der Waals surface area (Å²) in [4.78, 5) is 45.2. The summed E-state index contributed by atoms with van der Waals surface area (Å²) in [5, 5.41) is 9.14. The van der Waals surface area contributed by atoms with E-state index in [1.54, 1.807) is 29.0 Å². The molecule has 4 heterocycles. The fraction of sp³-hybridized carbons (Fsp3) is 0.567. The van der Waals surface area contributed by atoms with Crippen molar-refractivity contribution in [2.24, 2.45) is 11.8 Å². The van der Waals surface area contributed by atoms with Gasteiger partial charge in [0.25, 0.3) is 5.91 Å². The van der Waals surface area contributed by atoms with Crippen molar-refractivity contribution in [3.8, 4) is 5.75 Å². The average molecular weight is 539 g/mol. The van der Waals surface area contributed by atoms with E-state index in [0.717, 1.165) is 32.1 Å². The lowest BCUT2D eigenvalue weighted by atomic mass is 9.78. The number of unbranched alkanes of at least 4 members (excludes halogenated alkanes) is 3. The minimum Gasteiger partial charge on any atom is -0.497 e. The molecule has 4 aliphatic rings. The number of aliphatic hydroxyl groups is 1. The van der Waals surface area contributed by atoms with E-state index in [2.05, 4.69) is 0 Å². The number of anilines is 1. The number of hydrogen-bond acceptors (Lipinski definition) is 7. The van der Waals surface area contributed by atoms with Gasteiger partial charge < -0.3 is 29.1 Å². The van der Waals surface area contributed by atoms with Crippen LogP contribution < -0.4 is 9.64 Å². The molecule has 1 spiro atoms. The highest BCUT2D eigenvalue weighted by Crippen LogP contribution is 2.53. The van der Waals surface area contributed by atoms with Gasteiger partial charge in [-0.1, -0.05) is 37.1 Å². The van der Waals surface area contributed by atoms with Crippen LogP contribution in [0.3, 0.4) is 0 Å². The van der Waals surface area contributed by atoms with Gasteiger partial charge in [-0.2, -0.15) is 0 Å². The molecule has 9 nitrogen and oxygen atoms in total. The van der Waals surface area contributed by atoms with Crippen LogP contribution in [0.2, 0.25) is 0 Å². The van der Waals surface area contributed by atoms with Crippen molar-refractivity contribution in [1.82, 2.24) is 4.90 Å². The van der Waals surface area contributed by atoms with Crippen LogP contribution in [0.25, 0.3) is 0 Å². The number of carbonyl (C=O) groups is 3. The van der Waals surface area contributed by atoms with Crippen LogP contribution in [0.5, 0.6) is 5.75 Å². The Morgan fingerprint density at radius 3 is 2.59 bits per heavy atom. The first kappa shape index (κ1) is 27.4. The topological polar surface area (TPSA) is 106 Å². The zero-order valence-electron chi connectivity index (χ0n) is 22.5. The van der Waals surface area contributed by atoms with Crippen LogP contribution in [0.15, 0.2) is 48.6 Å². The number of fused-ring (bicyclic) bond motifs is 2. The first-order valence-electron chi connectivity index (χ1n) is 14.1. The third kappa shape index (κ3) is 5.10. The van der Waals surface area contributed by atoms with Crippen molar-refractivity contribution in [3.05, 3.63) is 48.6 Å². The molecule has 39 heavy (non-hydrogen) atoms. The second kappa shape index (κ2) is 11.9. The summed E-state index contributed by atoms with van der Waals surface area (Å²) in [6, 6.07) is 6.34. The number of aliphatic hydroxyl groups excluding tert-OH is 1. The van der Waals surface area contributed by atoms with Crippen LogP contribution in [0.1, 0.15) is 44.9 Å². The number of hydrogen-bond donors (Lipinski definition) is 1. The van der Waals surface area contributed by atoms with Gasteiger partial charge in [0.2, 0.25) is 5.91 Å². The Balaban J connectivity index is 1.52. The molecule has 5 rings (SSSR count). The van der Waals surface area contributed by atoms with Crippen LogP contribution >= 0.6 is 0 Å². The summed E-state index contributed by atoms with van der Waals surface area (Å²) in [6.07, 6.45) is 12.5. The molecular weight excluding hydrogens is 500 g/mol. The highest BCUT2D eigenvalue weighted by atomic mass is 16.6. The summed E-state index contributed by atoms with van der Waals surface area (Å²) in [5.41, 5.74) is -0.578. The first-order chi connectivity index (χ1) is 19.0. The van der Waals surface area contributed by atoms with Gasteiger partial charge in [-0.15, -0.1) is 0 Å². The van der Waals surface area contributed by atoms with Gasteiger partial charge in [0.15, 0.2) is 0 Å². The van der Waals surface area contributed by atoms with Crippen molar-refractivity contribution >= 4 is 23.5 Å². The maximum atomic E-state index is 14.4. The molecule has 2 amide bonds. The molecule has 0 aliphatic carbocycles.